The Morgan fingerprint density at radius 3 is 2.58 bits per heavy atom. The molecule has 0 saturated heterocycles. The maximum atomic E-state index is 13.6. The quantitative estimate of drug-likeness (QED) is 0.539. The first-order chi connectivity index (χ1) is 9.06. The van der Waals surface area contributed by atoms with Crippen LogP contribution in [0.25, 0.3) is 6.08 Å². The third-order valence-corrected chi connectivity index (χ3v) is 3.45. The summed E-state index contributed by atoms with van der Waals surface area (Å²) in [5.41, 5.74) is 0.688. The molecule has 0 aliphatic heterocycles. The number of hydrogen-bond acceptors (Lipinski definition) is 0. The molecular formula is C17H24F2. The highest BCUT2D eigenvalue weighted by molar-refractivity contribution is 5.50. The maximum Gasteiger partial charge on any atom is 0.166 e. The fraction of sp³-hybridized carbons (Fsp3) is 0.529. The van der Waals surface area contributed by atoms with Crippen LogP contribution in [0, 0.1) is 24.5 Å². The van der Waals surface area contributed by atoms with E-state index in [0.717, 1.165) is 18.8 Å². The fourth-order valence-corrected chi connectivity index (χ4v) is 2.22. The van der Waals surface area contributed by atoms with E-state index in [4.69, 9.17) is 0 Å². The molecule has 1 aromatic rings. The van der Waals surface area contributed by atoms with E-state index < -0.39 is 11.6 Å². The summed E-state index contributed by atoms with van der Waals surface area (Å²) < 4.78 is 26.9. The van der Waals surface area contributed by atoms with Crippen molar-refractivity contribution in [3.8, 4) is 0 Å². The summed E-state index contributed by atoms with van der Waals surface area (Å²) in [6, 6.07) is 3.24. The van der Waals surface area contributed by atoms with E-state index in [1.165, 1.54) is 19.3 Å². The maximum absolute atomic E-state index is 13.6. The Labute approximate surface area is 115 Å². The van der Waals surface area contributed by atoms with Gasteiger partial charge in [0.2, 0.25) is 0 Å². The van der Waals surface area contributed by atoms with Crippen LogP contribution in [0.2, 0.25) is 0 Å². The zero-order valence-corrected chi connectivity index (χ0v) is 12.2. The van der Waals surface area contributed by atoms with Crippen molar-refractivity contribution < 1.29 is 8.78 Å². The summed E-state index contributed by atoms with van der Waals surface area (Å²) >= 11 is 0. The first-order valence-corrected chi connectivity index (χ1v) is 7.17. The molecule has 1 atom stereocenters. The predicted molar refractivity (Wildman–Crippen MR) is 78.1 cm³/mol. The molecule has 1 unspecified atom stereocenters. The number of unbranched alkanes of at least 4 members (excludes halogenated alkanes) is 1. The second-order valence-electron chi connectivity index (χ2n) is 5.33. The van der Waals surface area contributed by atoms with E-state index in [-0.39, 0.29) is 0 Å². The van der Waals surface area contributed by atoms with Crippen LogP contribution in [-0.2, 0) is 0 Å². The van der Waals surface area contributed by atoms with Crippen molar-refractivity contribution in [2.45, 2.75) is 52.9 Å². The fourth-order valence-electron chi connectivity index (χ4n) is 2.22. The van der Waals surface area contributed by atoms with Crippen molar-refractivity contribution in [2.24, 2.45) is 5.92 Å². The van der Waals surface area contributed by atoms with Gasteiger partial charge in [-0.1, -0.05) is 57.4 Å². The largest absolute Gasteiger partial charge is 0.203 e. The molecule has 0 spiro atoms. The first-order valence-electron chi connectivity index (χ1n) is 7.17. The number of benzene rings is 1. The van der Waals surface area contributed by atoms with Gasteiger partial charge in [0.25, 0.3) is 0 Å². The average molecular weight is 266 g/mol. The lowest BCUT2D eigenvalue weighted by atomic mass is 9.99. The van der Waals surface area contributed by atoms with Crippen LogP contribution >= 0.6 is 0 Å². The number of halogens is 2. The van der Waals surface area contributed by atoms with Crippen LogP contribution in [0.5, 0.6) is 0 Å². The molecule has 0 nitrogen and oxygen atoms in total. The van der Waals surface area contributed by atoms with Gasteiger partial charge in [0, 0.05) is 5.56 Å². The Hall–Kier alpha value is -1.18. The van der Waals surface area contributed by atoms with E-state index in [2.05, 4.69) is 13.8 Å². The highest BCUT2D eigenvalue weighted by atomic mass is 19.2. The normalized spacial score (nSPS) is 13.1. The molecule has 0 radical (unpaired) electrons. The van der Waals surface area contributed by atoms with Crippen LogP contribution in [0.4, 0.5) is 8.78 Å². The van der Waals surface area contributed by atoms with E-state index in [1.807, 2.05) is 6.08 Å². The number of aryl methyl sites for hydroxylation is 1. The molecule has 0 saturated carbocycles. The van der Waals surface area contributed by atoms with Gasteiger partial charge in [-0.05, 0) is 31.2 Å². The third kappa shape index (κ3) is 5.14. The first kappa shape index (κ1) is 15.9. The Morgan fingerprint density at radius 2 is 1.89 bits per heavy atom. The lowest BCUT2D eigenvalue weighted by Gasteiger charge is -2.07. The van der Waals surface area contributed by atoms with E-state index in [9.17, 15) is 8.78 Å². The Morgan fingerprint density at radius 1 is 1.16 bits per heavy atom. The van der Waals surface area contributed by atoms with Crippen molar-refractivity contribution in [3.63, 3.8) is 0 Å². The van der Waals surface area contributed by atoms with Crippen molar-refractivity contribution in [2.75, 3.05) is 0 Å². The highest BCUT2D eigenvalue weighted by Crippen LogP contribution is 2.18. The van der Waals surface area contributed by atoms with Crippen LogP contribution in [0.15, 0.2) is 18.2 Å². The number of rotatable bonds is 7. The summed E-state index contributed by atoms with van der Waals surface area (Å²) in [6.45, 7) is 6.04. The topological polar surface area (TPSA) is 0 Å². The van der Waals surface area contributed by atoms with Crippen molar-refractivity contribution >= 4 is 6.08 Å². The number of hydrogen-bond donors (Lipinski definition) is 0. The Bertz CT molecular complexity index is 422. The van der Waals surface area contributed by atoms with Crippen LogP contribution in [0.1, 0.15) is 57.1 Å². The van der Waals surface area contributed by atoms with Gasteiger partial charge in [0.1, 0.15) is 0 Å². The summed E-state index contributed by atoms with van der Waals surface area (Å²) in [6.07, 6.45) is 9.33. The highest BCUT2D eigenvalue weighted by Gasteiger charge is 2.08. The van der Waals surface area contributed by atoms with Gasteiger partial charge in [-0.3, -0.25) is 0 Å². The van der Waals surface area contributed by atoms with Gasteiger partial charge in [-0.15, -0.1) is 0 Å². The summed E-state index contributed by atoms with van der Waals surface area (Å²) in [5, 5.41) is 0. The van der Waals surface area contributed by atoms with Crippen LogP contribution < -0.4 is 0 Å². The molecule has 0 amide bonds. The van der Waals surface area contributed by atoms with Crippen LogP contribution in [0.3, 0.4) is 0 Å². The minimum atomic E-state index is -0.740. The second kappa shape index (κ2) is 8.08. The van der Waals surface area contributed by atoms with Gasteiger partial charge >= 0.3 is 0 Å². The zero-order chi connectivity index (χ0) is 14.3. The smallest absolute Gasteiger partial charge is 0.166 e. The molecule has 0 aliphatic carbocycles. The molecule has 0 heterocycles. The van der Waals surface area contributed by atoms with Crippen molar-refractivity contribution in [1.29, 1.82) is 0 Å². The molecule has 0 aromatic heterocycles. The molecule has 1 rings (SSSR count). The van der Waals surface area contributed by atoms with Gasteiger partial charge < -0.3 is 0 Å². The van der Waals surface area contributed by atoms with Crippen molar-refractivity contribution in [3.05, 3.63) is 41.0 Å². The standard InChI is InChI=1S/C17H24F2/c1-4-8-13(2)9-6-5-7-10-15-12-11-14(3)16(18)17(15)19/h7,10-13H,4-6,8-9H2,1-3H3. The third-order valence-electron chi connectivity index (χ3n) is 3.45. The van der Waals surface area contributed by atoms with Crippen LogP contribution in [-0.4, -0.2) is 0 Å². The van der Waals surface area contributed by atoms with E-state index >= 15 is 0 Å². The monoisotopic (exact) mass is 266 g/mol. The summed E-state index contributed by atoms with van der Waals surface area (Å²) in [7, 11) is 0. The molecule has 0 N–H and O–H groups in total. The SMILES string of the molecule is CCCC(C)CCCC=Cc1ccc(C)c(F)c1F. The average Bonchev–Trinajstić information content (AvgIpc) is 2.38. The Kier molecular flexibility index (Phi) is 6.75. The van der Waals surface area contributed by atoms with Crippen molar-refractivity contribution in [1.82, 2.24) is 0 Å². The lowest BCUT2D eigenvalue weighted by molar-refractivity contribution is 0.472. The molecule has 0 aliphatic rings. The lowest BCUT2D eigenvalue weighted by Crippen LogP contribution is -1.93. The summed E-state index contributed by atoms with van der Waals surface area (Å²) in [5.74, 6) is -0.721. The van der Waals surface area contributed by atoms with E-state index in [0.29, 0.717) is 11.1 Å². The molecule has 0 fully saturated rings. The minimum Gasteiger partial charge on any atom is -0.203 e. The van der Waals surface area contributed by atoms with Gasteiger partial charge in [-0.25, -0.2) is 8.78 Å². The molecular weight excluding hydrogens is 242 g/mol. The van der Waals surface area contributed by atoms with Gasteiger partial charge in [0.05, 0.1) is 0 Å². The van der Waals surface area contributed by atoms with E-state index in [1.54, 1.807) is 25.1 Å². The molecule has 19 heavy (non-hydrogen) atoms. The molecule has 1 aromatic carbocycles. The molecule has 106 valence electrons. The van der Waals surface area contributed by atoms with Gasteiger partial charge in [0.15, 0.2) is 11.6 Å². The predicted octanol–water partition coefficient (Wildman–Crippen LogP) is 5.89. The summed E-state index contributed by atoms with van der Waals surface area (Å²) in [4.78, 5) is 0. The zero-order valence-electron chi connectivity index (χ0n) is 12.2. The minimum absolute atomic E-state index is 0.338. The Balaban J connectivity index is 2.43. The molecule has 2 heteroatoms. The van der Waals surface area contributed by atoms with Gasteiger partial charge in [-0.2, -0.15) is 0 Å². The molecule has 0 bridgehead atoms. The second-order valence-corrected chi connectivity index (χ2v) is 5.33. The number of allylic oxidation sites excluding steroid dienone is 1.